The summed E-state index contributed by atoms with van der Waals surface area (Å²) in [6.07, 6.45) is 0.839. The van der Waals surface area contributed by atoms with E-state index in [0.29, 0.717) is 5.75 Å². The summed E-state index contributed by atoms with van der Waals surface area (Å²) in [6, 6.07) is 25.9. The van der Waals surface area contributed by atoms with Gasteiger partial charge >= 0.3 is 0 Å². The highest BCUT2D eigenvalue weighted by molar-refractivity contribution is 7.84. The van der Waals surface area contributed by atoms with E-state index in [1.165, 1.54) is 22.3 Å². The first kappa shape index (κ1) is 20.0. The van der Waals surface area contributed by atoms with Gasteiger partial charge in [0.2, 0.25) is 5.96 Å². The second-order valence-electron chi connectivity index (χ2n) is 8.54. The highest BCUT2D eigenvalue weighted by Gasteiger charge is 2.42. The second-order valence-corrected chi connectivity index (χ2v) is 9.70. The highest BCUT2D eigenvalue weighted by atomic mass is 32.2. The summed E-state index contributed by atoms with van der Waals surface area (Å²) in [6.45, 7) is 6.40. The van der Waals surface area contributed by atoms with Crippen LogP contribution in [0.1, 0.15) is 35.2 Å². The van der Waals surface area contributed by atoms with Crippen LogP contribution in [-0.4, -0.2) is 22.0 Å². The lowest BCUT2D eigenvalue weighted by Crippen LogP contribution is -2.51. The molecule has 31 heavy (non-hydrogen) atoms. The predicted octanol–water partition coefficient (Wildman–Crippen LogP) is 5.34. The second kappa shape index (κ2) is 7.97. The first-order valence-electron chi connectivity index (χ1n) is 10.8. The van der Waals surface area contributed by atoms with Crippen molar-refractivity contribution in [3.05, 3.63) is 95.1 Å². The molecule has 0 spiro atoms. The van der Waals surface area contributed by atoms with Gasteiger partial charge in [0.15, 0.2) is 0 Å². The number of anilines is 2. The van der Waals surface area contributed by atoms with Gasteiger partial charge in [0, 0.05) is 0 Å². The van der Waals surface area contributed by atoms with Crippen LogP contribution in [0.2, 0.25) is 0 Å². The molecule has 2 aliphatic heterocycles. The summed E-state index contributed by atoms with van der Waals surface area (Å²) in [5, 5.41) is 0. The van der Waals surface area contributed by atoms with Crippen molar-refractivity contribution < 1.29 is 4.21 Å². The summed E-state index contributed by atoms with van der Waals surface area (Å²) in [5.74, 6) is 1.34. The quantitative estimate of drug-likeness (QED) is 0.562. The maximum atomic E-state index is 12.8. The van der Waals surface area contributed by atoms with E-state index in [9.17, 15) is 4.21 Å². The summed E-state index contributed by atoms with van der Waals surface area (Å²) >= 11 is 0. The van der Waals surface area contributed by atoms with Gasteiger partial charge in [0.25, 0.3) is 0 Å². The van der Waals surface area contributed by atoms with E-state index in [-0.39, 0.29) is 12.1 Å². The van der Waals surface area contributed by atoms with Crippen molar-refractivity contribution in [3.63, 3.8) is 0 Å². The SMILES string of the molecule is Cc1ccc(CC2CS(=O)N=C3N2c2ccccc2N3C(C)c2ccc(C)cc2)cc1. The fraction of sp³-hybridized carbons (Fsp3) is 0.269. The molecule has 158 valence electrons. The highest BCUT2D eigenvalue weighted by Crippen LogP contribution is 2.44. The molecule has 0 saturated carbocycles. The van der Waals surface area contributed by atoms with Crippen molar-refractivity contribution in [2.24, 2.45) is 4.40 Å². The van der Waals surface area contributed by atoms with Crippen LogP contribution in [0.5, 0.6) is 0 Å². The minimum Gasteiger partial charge on any atom is -0.305 e. The monoisotopic (exact) mass is 429 g/mol. The molecule has 3 aromatic rings. The lowest BCUT2D eigenvalue weighted by molar-refractivity contribution is 0.659. The molecular formula is C26H27N3OS. The van der Waals surface area contributed by atoms with Crippen molar-refractivity contribution in [1.29, 1.82) is 0 Å². The summed E-state index contributed by atoms with van der Waals surface area (Å²) in [7, 11) is -1.24. The zero-order chi connectivity index (χ0) is 21.5. The minimum atomic E-state index is -1.24. The van der Waals surface area contributed by atoms with Crippen LogP contribution in [0.15, 0.2) is 77.2 Å². The van der Waals surface area contributed by atoms with Crippen molar-refractivity contribution in [3.8, 4) is 0 Å². The maximum Gasteiger partial charge on any atom is 0.220 e. The fourth-order valence-electron chi connectivity index (χ4n) is 4.54. The standard InChI is InChI=1S/C26H27N3OS/c1-18-8-12-21(13-9-18)16-23-17-31(30)27-26-28(20(3)22-14-10-19(2)11-15-22)24-6-4-5-7-25(24)29(23)26/h4-15,20,23H,16-17H2,1-3H3. The Balaban J connectivity index is 1.55. The van der Waals surface area contributed by atoms with Gasteiger partial charge in [-0.2, -0.15) is 4.40 Å². The largest absolute Gasteiger partial charge is 0.305 e. The number of nitrogens with zero attached hydrogens (tertiary/aromatic N) is 3. The average molecular weight is 430 g/mol. The first-order valence-corrected chi connectivity index (χ1v) is 12.1. The van der Waals surface area contributed by atoms with E-state index < -0.39 is 11.0 Å². The van der Waals surface area contributed by atoms with E-state index in [1.54, 1.807) is 0 Å². The molecule has 0 N–H and O–H groups in total. The number of para-hydroxylation sites is 2. The van der Waals surface area contributed by atoms with Gasteiger partial charge < -0.3 is 9.80 Å². The Labute approximate surface area is 186 Å². The molecular weight excluding hydrogens is 402 g/mol. The van der Waals surface area contributed by atoms with Gasteiger partial charge in [-0.1, -0.05) is 71.8 Å². The Morgan fingerprint density at radius 2 is 1.55 bits per heavy atom. The Bertz CT molecular complexity index is 1150. The number of hydrogen-bond donors (Lipinski definition) is 0. The van der Waals surface area contributed by atoms with Gasteiger partial charge in [0.1, 0.15) is 11.0 Å². The predicted molar refractivity (Wildman–Crippen MR) is 130 cm³/mol. The molecule has 2 heterocycles. The number of aryl methyl sites for hydroxylation is 2. The zero-order valence-electron chi connectivity index (χ0n) is 18.2. The fourth-order valence-corrected chi connectivity index (χ4v) is 5.57. The Kier molecular flexibility index (Phi) is 5.14. The number of guanidine groups is 1. The van der Waals surface area contributed by atoms with Crippen LogP contribution in [0.4, 0.5) is 11.4 Å². The summed E-state index contributed by atoms with van der Waals surface area (Å²) < 4.78 is 17.5. The molecule has 2 aliphatic rings. The minimum absolute atomic E-state index is 0.0839. The molecule has 0 fully saturated rings. The molecule has 0 amide bonds. The molecule has 5 rings (SSSR count). The van der Waals surface area contributed by atoms with Crippen LogP contribution in [0, 0.1) is 13.8 Å². The number of hydrogen-bond acceptors (Lipinski definition) is 3. The molecule has 0 bridgehead atoms. The maximum absolute atomic E-state index is 12.8. The van der Waals surface area contributed by atoms with E-state index in [2.05, 4.69) is 108 Å². The van der Waals surface area contributed by atoms with Crippen LogP contribution in [-0.2, 0) is 17.4 Å². The van der Waals surface area contributed by atoms with Crippen LogP contribution < -0.4 is 9.80 Å². The van der Waals surface area contributed by atoms with Gasteiger partial charge in [-0.3, -0.25) is 0 Å². The number of fused-ring (bicyclic) bond motifs is 3. The Morgan fingerprint density at radius 1 is 0.935 bits per heavy atom. The van der Waals surface area contributed by atoms with Gasteiger partial charge in [-0.05, 0) is 50.5 Å². The first-order chi connectivity index (χ1) is 15.0. The van der Waals surface area contributed by atoms with Crippen molar-refractivity contribution in [2.45, 2.75) is 39.3 Å². The number of rotatable bonds is 4. The van der Waals surface area contributed by atoms with Crippen molar-refractivity contribution >= 4 is 28.3 Å². The average Bonchev–Trinajstić information content (AvgIpc) is 3.09. The molecule has 0 aliphatic carbocycles. The summed E-state index contributed by atoms with van der Waals surface area (Å²) in [4.78, 5) is 4.56. The Hall–Kier alpha value is -2.92. The molecule has 3 unspecified atom stereocenters. The third-order valence-corrected chi connectivity index (χ3v) is 7.29. The molecule has 3 aromatic carbocycles. The molecule has 0 saturated heterocycles. The van der Waals surface area contributed by atoms with E-state index in [4.69, 9.17) is 0 Å². The van der Waals surface area contributed by atoms with Gasteiger partial charge in [0.05, 0.1) is 29.2 Å². The smallest absolute Gasteiger partial charge is 0.220 e. The van der Waals surface area contributed by atoms with E-state index in [1.807, 2.05) is 0 Å². The Morgan fingerprint density at radius 3 is 2.23 bits per heavy atom. The topological polar surface area (TPSA) is 35.9 Å². The normalized spacial score (nSPS) is 20.8. The summed E-state index contributed by atoms with van der Waals surface area (Å²) in [5.41, 5.74) is 7.25. The van der Waals surface area contributed by atoms with E-state index >= 15 is 0 Å². The molecule has 0 radical (unpaired) electrons. The van der Waals surface area contributed by atoms with E-state index in [0.717, 1.165) is 23.8 Å². The van der Waals surface area contributed by atoms with Crippen LogP contribution in [0.3, 0.4) is 0 Å². The molecule has 3 atom stereocenters. The van der Waals surface area contributed by atoms with Crippen molar-refractivity contribution in [2.75, 3.05) is 15.6 Å². The molecule has 5 heteroatoms. The van der Waals surface area contributed by atoms with Gasteiger partial charge in [-0.15, -0.1) is 0 Å². The third-order valence-electron chi connectivity index (χ3n) is 6.25. The molecule has 0 aromatic heterocycles. The van der Waals surface area contributed by atoms with Gasteiger partial charge in [-0.25, -0.2) is 4.21 Å². The van der Waals surface area contributed by atoms with Crippen LogP contribution >= 0.6 is 0 Å². The lowest BCUT2D eigenvalue weighted by Gasteiger charge is -2.35. The van der Waals surface area contributed by atoms with Crippen molar-refractivity contribution in [1.82, 2.24) is 0 Å². The third kappa shape index (κ3) is 3.68. The molecule has 4 nitrogen and oxygen atoms in total. The zero-order valence-corrected chi connectivity index (χ0v) is 19.0. The number of benzene rings is 3. The van der Waals surface area contributed by atoms with Crippen LogP contribution in [0.25, 0.3) is 0 Å². The lowest BCUT2D eigenvalue weighted by atomic mass is 10.0.